The van der Waals surface area contributed by atoms with Gasteiger partial charge in [-0.3, -0.25) is 4.79 Å². The molecule has 38 heavy (non-hydrogen) atoms. The second-order valence-electron chi connectivity index (χ2n) is 8.48. The molecule has 200 valence electrons. The summed E-state index contributed by atoms with van der Waals surface area (Å²) in [6, 6.07) is 2.09. The van der Waals surface area contributed by atoms with Crippen LogP contribution in [-0.4, -0.2) is 89.1 Å². The Bertz CT molecular complexity index is 1280. The van der Waals surface area contributed by atoms with Crippen LogP contribution >= 0.6 is 11.5 Å². The highest BCUT2D eigenvalue weighted by atomic mass is 32.1. The predicted molar refractivity (Wildman–Crippen MR) is 140 cm³/mol. The Morgan fingerprint density at radius 1 is 1.32 bits per heavy atom. The van der Waals surface area contributed by atoms with Crippen molar-refractivity contribution in [3.05, 3.63) is 18.1 Å². The number of anilines is 3. The lowest BCUT2D eigenvalue weighted by Gasteiger charge is -2.31. The number of nitrogens with one attached hydrogen (secondary N) is 1. The Hall–Kier alpha value is -4.23. The Morgan fingerprint density at radius 2 is 2.13 bits per heavy atom. The Balaban J connectivity index is 1.68. The second kappa shape index (κ2) is 12.8. The van der Waals surface area contributed by atoms with Gasteiger partial charge in [0.25, 0.3) is 6.47 Å². The van der Waals surface area contributed by atoms with Crippen molar-refractivity contribution in [1.29, 1.82) is 5.26 Å². The third-order valence-corrected chi connectivity index (χ3v) is 6.33. The molecular formula is C22H28N12O3S. The molecule has 0 spiro atoms. The minimum atomic E-state index is -0.105. The van der Waals surface area contributed by atoms with E-state index in [9.17, 15) is 10.1 Å². The molecule has 1 aliphatic rings. The molecule has 0 atom stereocenters. The number of methoxy groups -OCH3 is 1. The van der Waals surface area contributed by atoms with Crippen LogP contribution < -0.4 is 15.1 Å². The minimum Gasteiger partial charge on any atom is -0.464 e. The van der Waals surface area contributed by atoms with Crippen LogP contribution in [-0.2, 0) is 14.3 Å². The van der Waals surface area contributed by atoms with Gasteiger partial charge in [0.2, 0.25) is 16.9 Å². The van der Waals surface area contributed by atoms with Crippen LogP contribution in [0.25, 0.3) is 5.13 Å². The summed E-state index contributed by atoms with van der Waals surface area (Å²) in [6.45, 7) is 2.95. The molecule has 0 aliphatic carbocycles. The van der Waals surface area contributed by atoms with Gasteiger partial charge in [-0.25, -0.2) is 9.67 Å². The summed E-state index contributed by atoms with van der Waals surface area (Å²) < 4.78 is 15.7. The fourth-order valence-corrected chi connectivity index (χ4v) is 4.23. The van der Waals surface area contributed by atoms with E-state index in [2.05, 4.69) is 41.0 Å². The lowest BCUT2D eigenvalue weighted by Crippen LogP contribution is -2.38. The third-order valence-electron chi connectivity index (χ3n) is 5.67. The van der Waals surface area contributed by atoms with Crippen molar-refractivity contribution in [3.8, 4) is 11.2 Å². The quantitative estimate of drug-likeness (QED) is 0.202. The number of carbonyl (C=O) groups is 1. The van der Waals surface area contributed by atoms with Gasteiger partial charge in [0.1, 0.15) is 24.1 Å². The van der Waals surface area contributed by atoms with Gasteiger partial charge in [-0.05, 0) is 6.42 Å². The lowest BCUT2D eigenvalue weighted by atomic mass is 10.1. The molecule has 4 rings (SSSR count). The number of azo groups is 1. The number of carbonyl (C=O) groups excluding carboxylic acids is 1. The van der Waals surface area contributed by atoms with Gasteiger partial charge < -0.3 is 24.6 Å². The van der Waals surface area contributed by atoms with Crippen molar-refractivity contribution in [1.82, 2.24) is 29.1 Å². The number of rotatable bonds is 12. The molecule has 0 unspecified atom stereocenters. The Labute approximate surface area is 223 Å². The molecule has 0 bridgehead atoms. The van der Waals surface area contributed by atoms with E-state index >= 15 is 0 Å². The van der Waals surface area contributed by atoms with Crippen LogP contribution in [0.5, 0.6) is 0 Å². The SMILES string of the molecule is COCCCNc1nc(N2CCC(OC=O)CC2)nc(N(C)C)c1N=Nc1nn(-c2ncns2)cc1C#N. The molecule has 0 aromatic carbocycles. The maximum atomic E-state index is 10.7. The van der Waals surface area contributed by atoms with Gasteiger partial charge in [-0.1, -0.05) is 0 Å². The van der Waals surface area contributed by atoms with Gasteiger partial charge in [0.15, 0.2) is 17.3 Å². The average Bonchev–Trinajstić information content (AvgIpc) is 3.60. The van der Waals surface area contributed by atoms with Crippen molar-refractivity contribution >= 4 is 47.1 Å². The van der Waals surface area contributed by atoms with E-state index < -0.39 is 0 Å². The monoisotopic (exact) mass is 540 g/mol. The number of nitrogens with zero attached hydrogens (tertiary/aromatic N) is 11. The van der Waals surface area contributed by atoms with Crippen molar-refractivity contribution in [2.75, 3.05) is 62.6 Å². The van der Waals surface area contributed by atoms with E-state index in [0.29, 0.717) is 74.0 Å². The number of nitriles is 1. The first-order chi connectivity index (χ1) is 18.5. The molecule has 3 aromatic heterocycles. The Morgan fingerprint density at radius 3 is 2.79 bits per heavy atom. The minimum absolute atomic E-state index is 0.105. The predicted octanol–water partition coefficient (Wildman–Crippen LogP) is 2.46. The number of hydrogen-bond donors (Lipinski definition) is 1. The lowest BCUT2D eigenvalue weighted by molar-refractivity contribution is -0.134. The normalized spacial score (nSPS) is 14.0. The van der Waals surface area contributed by atoms with E-state index in [-0.39, 0.29) is 17.5 Å². The molecule has 15 nitrogen and oxygen atoms in total. The average molecular weight is 541 g/mol. The summed E-state index contributed by atoms with van der Waals surface area (Å²) in [7, 11) is 5.36. The first kappa shape index (κ1) is 26.8. The molecule has 16 heteroatoms. The van der Waals surface area contributed by atoms with Crippen LogP contribution in [0.2, 0.25) is 0 Å². The molecule has 1 aliphatic heterocycles. The number of piperidine rings is 1. The summed E-state index contributed by atoms with van der Waals surface area (Å²) in [6.07, 6.45) is 4.96. The molecule has 0 saturated carbocycles. The molecule has 1 saturated heterocycles. The number of ether oxygens (including phenoxy) is 2. The van der Waals surface area contributed by atoms with E-state index in [0.717, 1.165) is 18.0 Å². The first-order valence-electron chi connectivity index (χ1n) is 11.9. The van der Waals surface area contributed by atoms with Gasteiger partial charge in [0, 0.05) is 71.8 Å². The fourth-order valence-electron chi connectivity index (χ4n) is 3.77. The van der Waals surface area contributed by atoms with E-state index in [1.165, 1.54) is 17.2 Å². The molecular weight excluding hydrogens is 512 g/mol. The van der Waals surface area contributed by atoms with Gasteiger partial charge in [-0.15, -0.1) is 15.3 Å². The highest BCUT2D eigenvalue weighted by molar-refractivity contribution is 7.07. The van der Waals surface area contributed by atoms with E-state index in [1.807, 2.05) is 19.0 Å². The van der Waals surface area contributed by atoms with Crippen LogP contribution in [0.1, 0.15) is 24.8 Å². The molecule has 1 N–H and O–H groups in total. The maximum absolute atomic E-state index is 10.7. The van der Waals surface area contributed by atoms with Crippen LogP contribution in [0.15, 0.2) is 22.8 Å². The maximum Gasteiger partial charge on any atom is 0.293 e. The second-order valence-corrected chi connectivity index (χ2v) is 9.24. The summed E-state index contributed by atoms with van der Waals surface area (Å²) in [5.74, 6) is 1.71. The van der Waals surface area contributed by atoms with Crippen molar-refractivity contribution in [2.45, 2.75) is 25.4 Å². The topological polar surface area (TPSA) is 172 Å². The number of aromatic nitrogens is 6. The van der Waals surface area contributed by atoms with Crippen LogP contribution in [0, 0.1) is 11.3 Å². The van der Waals surface area contributed by atoms with Gasteiger partial charge in [-0.2, -0.15) is 19.6 Å². The largest absolute Gasteiger partial charge is 0.464 e. The zero-order chi connectivity index (χ0) is 26.9. The first-order valence-corrected chi connectivity index (χ1v) is 12.7. The van der Waals surface area contributed by atoms with Crippen molar-refractivity contribution < 1.29 is 14.3 Å². The Kier molecular flexibility index (Phi) is 9.06. The fraction of sp³-hybridized carbons (Fsp3) is 0.500. The van der Waals surface area contributed by atoms with E-state index in [1.54, 1.807) is 7.11 Å². The highest BCUT2D eigenvalue weighted by Crippen LogP contribution is 2.36. The van der Waals surface area contributed by atoms with E-state index in [4.69, 9.17) is 19.4 Å². The zero-order valence-electron chi connectivity index (χ0n) is 21.3. The van der Waals surface area contributed by atoms with Crippen LogP contribution in [0.4, 0.5) is 29.1 Å². The van der Waals surface area contributed by atoms with Crippen LogP contribution in [0.3, 0.4) is 0 Å². The van der Waals surface area contributed by atoms with Gasteiger partial charge >= 0.3 is 0 Å². The molecule has 4 heterocycles. The molecule has 0 radical (unpaired) electrons. The summed E-state index contributed by atoms with van der Waals surface area (Å²) >= 11 is 1.14. The molecule has 1 fully saturated rings. The highest BCUT2D eigenvalue weighted by Gasteiger charge is 2.25. The summed E-state index contributed by atoms with van der Waals surface area (Å²) in [5.41, 5.74) is 0.646. The standard InChI is InChI=1S/C22H28N12O3S/c1-32(2)20-17(29-30-18-15(11-23)12-34(31-18)22-25-13-26-38-22)19(24-7-4-10-36-3)27-21(28-20)33-8-5-16(6-9-33)37-14-35/h12-14,16H,4-10H2,1-3H3,(H,24,27,28). The molecule has 3 aromatic rings. The zero-order valence-corrected chi connectivity index (χ0v) is 22.1. The number of hydrogen-bond acceptors (Lipinski definition) is 15. The van der Waals surface area contributed by atoms with Crippen molar-refractivity contribution in [3.63, 3.8) is 0 Å². The smallest absolute Gasteiger partial charge is 0.293 e. The molecule has 0 amide bonds. The summed E-state index contributed by atoms with van der Waals surface area (Å²) in [5, 5.41) is 26.5. The van der Waals surface area contributed by atoms with Gasteiger partial charge in [0.05, 0.1) is 6.20 Å². The van der Waals surface area contributed by atoms with Crippen molar-refractivity contribution in [2.24, 2.45) is 10.2 Å². The third kappa shape index (κ3) is 6.36. The summed E-state index contributed by atoms with van der Waals surface area (Å²) in [4.78, 5) is 28.2.